The van der Waals surface area contributed by atoms with Gasteiger partial charge in [-0.05, 0) is 36.8 Å². The number of para-hydroxylation sites is 1. The second-order valence-corrected chi connectivity index (χ2v) is 5.83. The van der Waals surface area contributed by atoms with Gasteiger partial charge in [-0.25, -0.2) is 0 Å². The van der Waals surface area contributed by atoms with Gasteiger partial charge in [-0.1, -0.05) is 25.1 Å². The molecular formula is C16H20N2O2. The monoisotopic (exact) mass is 272 g/mol. The SMILES string of the molecule is CC1CCCN(C(=O)C(=O)N2CCc3ccccc32)C1. The molecule has 20 heavy (non-hydrogen) atoms. The van der Waals surface area contributed by atoms with Crippen molar-refractivity contribution in [3.05, 3.63) is 29.8 Å². The Hall–Kier alpha value is -1.84. The van der Waals surface area contributed by atoms with Crippen LogP contribution in [0.2, 0.25) is 0 Å². The van der Waals surface area contributed by atoms with Gasteiger partial charge in [0.1, 0.15) is 0 Å². The summed E-state index contributed by atoms with van der Waals surface area (Å²) >= 11 is 0. The van der Waals surface area contributed by atoms with E-state index in [0.717, 1.165) is 30.5 Å². The van der Waals surface area contributed by atoms with Crippen molar-refractivity contribution in [1.29, 1.82) is 0 Å². The van der Waals surface area contributed by atoms with E-state index in [9.17, 15) is 9.59 Å². The Morgan fingerprint density at radius 1 is 1.15 bits per heavy atom. The van der Waals surface area contributed by atoms with Gasteiger partial charge in [0.05, 0.1) is 0 Å². The summed E-state index contributed by atoms with van der Waals surface area (Å²) in [5.74, 6) is -0.219. The Balaban J connectivity index is 1.75. The summed E-state index contributed by atoms with van der Waals surface area (Å²) in [7, 11) is 0. The van der Waals surface area contributed by atoms with E-state index in [1.807, 2.05) is 24.3 Å². The molecule has 106 valence electrons. The van der Waals surface area contributed by atoms with Crippen LogP contribution in [0.25, 0.3) is 0 Å². The Labute approximate surface area is 119 Å². The summed E-state index contributed by atoms with van der Waals surface area (Å²) in [5.41, 5.74) is 2.05. The van der Waals surface area contributed by atoms with E-state index >= 15 is 0 Å². The van der Waals surface area contributed by atoms with Gasteiger partial charge in [-0.2, -0.15) is 0 Å². The van der Waals surface area contributed by atoms with Crippen LogP contribution in [0.5, 0.6) is 0 Å². The minimum Gasteiger partial charge on any atom is -0.334 e. The van der Waals surface area contributed by atoms with Crippen LogP contribution < -0.4 is 4.90 Å². The topological polar surface area (TPSA) is 40.6 Å². The number of benzene rings is 1. The molecule has 2 heterocycles. The zero-order valence-corrected chi connectivity index (χ0v) is 11.8. The summed E-state index contributed by atoms with van der Waals surface area (Å²) in [6.07, 6.45) is 2.98. The number of likely N-dealkylation sites (tertiary alicyclic amines) is 1. The molecule has 0 spiro atoms. The molecule has 1 atom stereocenters. The maximum Gasteiger partial charge on any atom is 0.316 e. The molecule has 4 nitrogen and oxygen atoms in total. The maximum atomic E-state index is 12.4. The quantitative estimate of drug-likeness (QED) is 0.676. The van der Waals surface area contributed by atoms with Crippen LogP contribution in [0.1, 0.15) is 25.3 Å². The predicted molar refractivity (Wildman–Crippen MR) is 77.5 cm³/mol. The number of anilines is 1. The summed E-state index contributed by atoms with van der Waals surface area (Å²) in [6, 6.07) is 7.83. The van der Waals surface area contributed by atoms with E-state index in [4.69, 9.17) is 0 Å². The Bertz CT molecular complexity index is 541. The molecule has 0 radical (unpaired) electrons. The Kier molecular flexibility index (Phi) is 3.47. The van der Waals surface area contributed by atoms with Crippen LogP contribution in [0.15, 0.2) is 24.3 Å². The highest BCUT2D eigenvalue weighted by molar-refractivity contribution is 6.40. The van der Waals surface area contributed by atoms with E-state index in [1.54, 1.807) is 9.80 Å². The first-order valence-electron chi connectivity index (χ1n) is 7.35. The molecule has 1 saturated heterocycles. The second kappa shape index (κ2) is 5.27. The summed E-state index contributed by atoms with van der Waals surface area (Å²) in [4.78, 5) is 28.2. The number of carbonyl (C=O) groups excluding carboxylic acids is 2. The Morgan fingerprint density at radius 3 is 2.75 bits per heavy atom. The lowest BCUT2D eigenvalue weighted by molar-refractivity contribution is -0.145. The van der Waals surface area contributed by atoms with Crippen LogP contribution in [-0.4, -0.2) is 36.3 Å². The smallest absolute Gasteiger partial charge is 0.316 e. The van der Waals surface area contributed by atoms with Gasteiger partial charge in [0.25, 0.3) is 0 Å². The van der Waals surface area contributed by atoms with Crippen molar-refractivity contribution in [2.45, 2.75) is 26.2 Å². The van der Waals surface area contributed by atoms with Crippen LogP contribution in [0.3, 0.4) is 0 Å². The van der Waals surface area contributed by atoms with E-state index in [0.29, 0.717) is 25.6 Å². The zero-order chi connectivity index (χ0) is 14.1. The summed E-state index contributed by atoms with van der Waals surface area (Å²) in [6.45, 7) is 4.17. The normalized spacial score (nSPS) is 21.8. The second-order valence-electron chi connectivity index (χ2n) is 5.83. The lowest BCUT2D eigenvalue weighted by atomic mass is 10.0. The third kappa shape index (κ3) is 2.30. The minimum atomic E-state index is -0.371. The van der Waals surface area contributed by atoms with Gasteiger partial charge in [0.15, 0.2) is 0 Å². The molecule has 0 aromatic heterocycles. The highest BCUT2D eigenvalue weighted by atomic mass is 16.2. The van der Waals surface area contributed by atoms with E-state index in [2.05, 4.69) is 6.92 Å². The first kappa shape index (κ1) is 13.2. The fourth-order valence-corrected chi connectivity index (χ4v) is 3.17. The van der Waals surface area contributed by atoms with Crippen molar-refractivity contribution in [2.24, 2.45) is 5.92 Å². The predicted octanol–water partition coefficient (Wildman–Crippen LogP) is 1.83. The Morgan fingerprint density at radius 2 is 1.95 bits per heavy atom. The number of piperidine rings is 1. The first-order chi connectivity index (χ1) is 9.66. The molecule has 2 aliphatic heterocycles. The minimum absolute atomic E-state index is 0.340. The van der Waals surface area contributed by atoms with Crippen molar-refractivity contribution in [3.63, 3.8) is 0 Å². The van der Waals surface area contributed by atoms with E-state index in [-0.39, 0.29) is 11.8 Å². The molecule has 1 fully saturated rings. The molecule has 0 aliphatic carbocycles. The maximum absolute atomic E-state index is 12.4. The fraction of sp³-hybridized carbons (Fsp3) is 0.500. The van der Waals surface area contributed by atoms with Gasteiger partial charge >= 0.3 is 11.8 Å². The molecule has 3 rings (SSSR count). The molecular weight excluding hydrogens is 252 g/mol. The zero-order valence-electron chi connectivity index (χ0n) is 11.8. The van der Waals surface area contributed by atoms with Gasteiger partial charge in [0, 0.05) is 25.3 Å². The van der Waals surface area contributed by atoms with Crippen molar-refractivity contribution >= 4 is 17.5 Å². The highest BCUT2D eigenvalue weighted by Crippen LogP contribution is 2.28. The average molecular weight is 272 g/mol. The van der Waals surface area contributed by atoms with Gasteiger partial charge in [-0.15, -0.1) is 0 Å². The standard InChI is InChI=1S/C16H20N2O2/c1-12-5-4-9-17(11-12)15(19)16(20)18-10-8-13-6-2-3-7-14(13)18/h2-3,6-7,12H,4-5,8-11H2,1H3. The van der Waals surface area contributed by atoms with Crippen molar-refractivity contribution in [1.82, 2.24) is 4.90 Å². The highest BCUT2D eigenvalue weighted by Gasteiger charge is 2.33. The van der Waals surface area contributed by atoms with Gasteiger partial charge in [0.2, 0.25) is 0 Å². The molecule has 1 unspecified atom stereocenters. The third-order valence-corrected chi connectivity index (χ3v) is 4.26. The van der Waals surface area contributed by atoms with Gasteiger partial charge < -0.3 is 9.80 Å². The molecule has 1 aromatic rings. The summed E-state index contributed by atoms with van der Waals surface area (Å²) in [5, 5.41) is 0. The fourth-order valence-electron chi connectivity index (χ4n) is 3.17. The number of nitrogens with zero attached hydrogens (tertiary/aromatic N) is 2. The lowest BCUT2D eigenvalue weighted by Gasteiger charge is -2.31. The average Bonchev–Trinajstić information content (AvgIpc) is 2.89. The molecule has 0 saturated carbocycles. The molecule has 2 amide bonds. The lowest BCUT2D eigenvalue weighted by Crippen LogP contribution is -2.48. The molecule has 4 heteroatoms. The van der Waals surface area contributed by atoms with Crippen molar-refractivity contribution in [2.75, 3.05) is 24.5 Å². The molecule has 0 bridgehead atoms. The van der Waals surface area contributed by atoms with E-state index in [1.165, 1.54) is 0 Å². The third-order valence-electron chi connectivity index (χ3n) is 4.26. The number of hydrogen-bond acceptors (Lipinski definition) is 2. The van der Waals surface area contributed by atoms with Crippen LogP contribution in [-0.2, 0) is 16.0 Å². The number of hydrogen-bond donors (Lipinski definition) is 0. The summed E-state index contributed by atoms with van der Waals surface area (Å²) < 4.78 is 0. The first-order valence-corrected chi connectivity index (χ1v) is 7.35. The van der Waals surface area contributed by atoms with Crippen LogP contribution in [0, 0.1) is 5.92 Å². The number of carbonyl (C=O) groups is 2. The number of fused-ring (bicyclic) bond motifs is 1. The van der Waals surface area contributed by atoms with Gasteiger partial charge in [-0.3, -0.25) is 9.59 Å². The number of rotatable bonds is 0. The van der Waals surface area contributed by atoms with Crippen LogP contribution in [0.4, 0.5) is 5.69 Å². The van der Waals surface area contributed by atoms with Crippen molar-refractivity contribution < 1.29 is 9.59 Å². The number of amides is 2. The van der Waals surface area contributed by atoms with E-state index < -0.39 is 0 Å². The van der Waals surface area contributed by atoms with Crippen LogP contribution >= 0.6 is 0 Å². The van der Waals surface area contributed by atoms with Crippen molar-refractivity contribution in [3.8, 4) is 0 Å². The molecule has 1 aromatic carbocycles. The largest absolute Gasteiger partial charge is 0.334 e. The molecule has 2 aliphatic rings. The molecule has 0 N–H and O–H groups in total.